The zero-order valence-electron chi connectivity index (χ0n) is 22.9. The molecule has 0 bridgehead atoms. The molecule has 2 fully saturated rings. The van der Waals surface area contributed by atoms with Crippen LogP contribution < -0.4 is 5.32 Å². The molecule has 4 N–H and O–H groups in total. The van der Waals surface area contributed by atoms with Gasteiger partial charge in [0.15, 0.2) is 0 Å². The van der Waals surface area contributed by atoms with E-state index in [9.17, 15) is 29.4 Å². The van der Waals surface area contributed by atoms with Crippen LogP contribution in [0.4, 0.5) is 4.79 Å². The van der Waals surface area contributed by atoms with Gasteiger partial charge in [-0.25, -0.2) is 14.6 Å². The van der Waals surface area contributed by atoms with E-state index in [1.807, 2.05) is 0 Å². The molecule has 1 aromatic heterocycles. The fourth-order valence-electron chi connectivity index (χ4n) is 5.74. The third-order valence-electron chi connectivity index (χ3n) is 7.76. The number of carbonyl (C=O) groups excluding carboxylic acids is 3. The highest BCUT2D eigenvalue weighted by Gasteiger charge is 2.66. The first-order chi connectivity index (χ1) is 19.6. The van der Waals surface area contributed by atoms with Crippen LogP contribution in [0.15, 0.2) is 21.5 Å². The molecule has 0 radical (unpaired) electrons. The monoisotopic (exact) mass is 609 g/mol. The van der Waals surface area contributed by atoms with Gasteiger partial charge in [0, 0.05) is 16.9 Å². The Bertz CT molecular complexity index is 1220. The lowest BCUT2D eigenvalue weighted by atomic mass is 9.68. The van der Waals surface area contributed by atoms with Crippen molar-refractivity contribution in [3.8, 4) is 0 Å². The molecule has 2 aliphatic heterocycles. The quantitative estimate of drug-likeness (QED) is 0.202. The molecule has 224 valence electrons. The molecule has 1 aromatic rings. The number of aromatic nitrogens is 1. The number of ether oxygens (including phenoxy) is 2. The highest BCUT2D eigenvalue weighted by Crippen LogP contribution is 2.59. The number of thiazole rings is 1. The number of carboxylic acids is 1. The largest absolute Gasteiger partial charge is 0.508 e. The van der Waals surface area contributed by atoms with Crippen molar-refractivity contribution in [2.75, 3.05) is 19.8 Å². The van der Waals surface area contributed by atoms with E-state index in [-0.39, 0.29) is 43.7 Å². The molecule has 4 rings (SSSR count). The molecule has 14 heteroatoms. The summed E-state index contributed by atoms with van der Waals surface area (Å²) in [4.78, 5) is 56.3. The lowest BCUT2D eigenvalue weighted by Gasteiger charge is -2.50. The Hall–Kier alpha value is -2.94. The van der Waals surface area contributed by atoms with E-state index in [0.29, 0.717) is 9.78 Å². The van der Waals surface area contributed by atoms with Gasteiger partial charge in [-0.2, -0.15) is 0 Å². The number of amides is 2. The van der Waals surface area contributed by atoms with E-state index in [0.717, 1.165) is 43.9 Å². The second kappa shape index (κ2) is 13.4. The molecule has 1 saturated heterocycles. The summed E-state index contributed by atoms with van der Waals surface area (Å²) in [5.41, 5.74) is 0.531. The predicted octanol–water partition coefficient (Wildman–Crippen LogP) is 2.97. The van der Waals surface area contributed by atoms with Crippen LogP contribution in [0.25, 0.3) is 6.08 Å². The maximum absolute atomic E-state index is 13.0. The second-order valence-electron chi connectivity index (χ2n) is 10.5. The summed E-state index contributed by atoms with van der Waals surface area (Å²) in [6.07, 6.45) is 4.56. The first kappa shape index (κ1) is 31.0. The van der Waals surface area contributed by atoms with Crippen LogP contribution in [0, 0.1) is 11.3 Å². The van der Waals surface area contributed by atoms with Crippen molar-refractivity contribution >= 4 is 53.1 Å². The number of rotatable bonds is 12. The summed E-state index contributed by atoms with van der Waals surface area (Å²) in [7, 11) is 0. The Kier molecular flexibility index (Phi) is 10.1. The Morgan fingerprint density at radius 1 is 1.32 bits per heavy atom. The Balaban J connectivity index is 1.54. The number of carbonyl (C=O) groups is 4. The zero-order chi connectivity index (χ0) is 29.7. The van der Waals surface area contributed by atoms with Gasteiger partial charge in [0.25, 0.3) is 5.91 Å². The summed E-state index contributed by atoms with van der Waals surface area (Å²) in [5.74, 6) is -3.02. The highest BCUT2D eigenvalue weighted by atomic mass is 32.2. The van der Waals surface area contributed by atoms with Gasteiger partial charge in [-0.05, 0) is 50.5 Å². The molecule has 12 nitrogen and oxygen atoms in total. The fraction of sp³-hybridized carbons (Fsp3) is 0.593. The molecule has 41 heavy (non-hydrogen) atoms. The number of aliphatic hydroxyl groups excluding tert-OH is 2. The van der Waals surface area contributed by atoms with Gasteiger partial charge < -0.3 is 35.0 Å². The van der Waals surface area contributed by atoms with Gasteiger partial charge >= 0.3 is 12.1 Å². The molecule has 0 spiro atoms. The minimum absolute atomic E-state index is 0.0716. The lowest BCUT2D eigenvalue weighted by molar-refractivity contribution is -0.167. The first-order valence-electron chi connectivity index (χ1n) is 13.6. The fourth-order valence-corrected chi connectivity index (χ4v) is 7.63. The van der Waals surface area contributed by atoms with Crippen molar-refractivity contribution < 1.29 is 44.0 Å². The molecule has 3 heterocycles. The average Bonchev–Trinajstić information content (AvgIpc) is 3.47. The standard InChI is InChI=1S/C27H35N3O9S2/c1-15(32)18-21-27(2,9-12-38-26(37)39-16-6-4-3-5-7-16)22(20(25(35)36)30(21)24(18)34)40-13-8-17-19(29-14-41-17)23(33)28-10-11-31/h8,13-16,18,21,31-32H,3-7,9-12H2,1-2H3,(H,28,33)(H,35,36)/b13-8-/t15-,18-,21+,27?/m1/s1. The van der Waals surface area contributed by atoms with Gasteiger partial charge in [0.1, 0.15) is 17.5 Å². The summed E-state index contributed by atoms with van der Waals surface area (Å²) in [6, 6.07) is -0.641. The molecular formula is C27H35N3O9S2. The normalized spacial score (nSPS) is 25.2. The minimum atomic E-state index is -1.29. The predicted molar refractivity (Wildman–Crippen MR) is 151 cm³/mol. The van der Waals surface area contributed by atoms with Crippen molar-refractivity contribution in [2.45, 2.75) is 70.6 Å². The second-order valence-corrected chi connectivity index (χ2v) is 12.3. The third kappa shape index (κ3) is 6.45. The van der Waals surface area contributed by atoms with Crippen molar-refractivity contribution in [3.05, 3.63) is 32.1 Å². The number of carboxylic acid groups (broad SMARTS) is 1. The molecule has 0 aromatic carbocycles. The van der Waals surface area contributed by atoms with Gasteiger partial charge in [-0.1, -0.05) is 25.1 Å². The van der Waals surface area contributed by atoms with Crippen LogP contribution in [-0.2, 0) is 19.1 Å². The Labute approximate surface area is 245 Å². The number of fused-ring (bicyclic) bond motifs is 1. The Morgan fingerprint density at radius 2 is 2.05 bits per heavy atom. The summed E-state index contributed by atoms with van der Waals surface area (Å²) in [6.45, 7) is 3.09. The van der Waals surface area contributed by atoms with E-state index in [4.69, 9.17) is 14.6 Å². The number of nitrogens with zero attached hydrogens (tertiary/aromatic N) is 2. The number of hydrogen-bond donors (Lipinski definition) is 4. The average molecular weight is 610 g/mol. The molecule has 2 amide bonds. The van der Waals surface area contributed by atoms with E-state index in [2.05, 4.69) is 10.3 Å². The summed E-state index contributed by atoms with van der Waals surface area (Å²) in [5, 5.41) is 33.6. The van der Waals surface area contributed by atoms with Crippen molar-refractivity contribution in [1.82, 2.24) is 15.2 Å². The third-order valence-corrected chi connectivity index (χ3v) is 9.72. The van der Waals surface area contributed by atoms with E-state index < -0.39 is 47.4 Å². The van der Waals surface area contributed by atoms with Crippen LogP contribution in [0.2, 0.25) is 0 Å². The number of aliphatic carboxylic acids is 1. The lowest BCUT2D eigenvalue weighted by Crippen LogP contribution is -2.66. The van der Waals surface area contributed by atoms with Crippen molar-refractivity contribution in [2.24, 2.45) is 11.3 Å². The number of thioether (sulfide) groups is 1. The number of β-lactam (4-membered cyclic amide) rings is 1. The van der Waals surface area contributed by atoms with Crippen molar-refractivity contribution in [1.29, 1.82) is 0 Å². The first-order valence-corrected chi connectivity index (χ1v) is 15.3. The zero-order valence-corrected chi connectivity index (χ0v) is 24.5. The van der Waals surface area contributed by atoms with E-state index >= 15 is 0 Å². The SMILES string of the molecule is C[C@@H](O)[C@H]1C(=O)N2C(C(=O)O)=C(S/C=C\c3scnc3C(=O)NCCO)C(C)(CCOC(=O)OC3CCCCC3)[C@H]12. The molecular weight excluding hydrogens is 574 g/mol. The molecule has 1 saturated carbocycles. The number of nitrogens with one attached hydrogen (secondary N) is 1. The summed E-state index contributed by atoms with van der Waals surface area (Å²) < 4.78 is 10.8. The topological polar surface area (TPSA) is 176 Å². The van der Waals surface area contributed by atoms with Crippen LogP contribution in [0.3, 0.4) is 0 Å². The molecule has 1 unspecified atom stereocenters. The minimum Gasteiger partial charge on any atom is -0.477 e. The molecule has 1 aliphatic carbocycles. The van der Waals surface area contributed by atoms with Gasteiger partial charge in [-0.15, -0.1) is 11.3 Å². The van der Waals surface area contributed by atoms with E-state index in [1.54, 1.807) is 18.4 Å². The maximum atomic E-state index is 13.0. The van der Waals surface area contributed by atoms with Gasteiger partial charge in [0.05, 0.1) is 41.7 Å². The number of hydrogen-bond acceptors (Lipinski definition) is 11. The van der Waals surface area contributed by atoms with Crippen LogP contribution in [-0.4, -0.2) is 87.2 Å². The number of aliphatic hydroxyl groups is 2. The Morgan fingerprint density at radius 3 is 2.71 bits per heavy atom. The van der Waals surface area contributed by atoms with Gasteiger partial charge in [-0.3, -0.25) is 9.59 Å². The maximum Gasteiger partial charge on any atom is 0.508 e. The highest BCUT2D eigenvalue weighted by molar-refractivity contribution is 8.06. The molecule has 3 aliphatic rings. The van der Waals surface area contributed by atoms with Crippen LogP contribution >= 0.6 is 23.1 Å². The van der Waals surface area contributed by atoms with Crippen LogP contribution in [0.5, 0.6) is 0 Å². The van der Waals surface area contributed by atoms with Crippen LogP contribution in [0.1, 0.15) is 67.7 Å². The molecule has 4 atom stereocenters. The van der Waals surface area contributed by atoms with Crippen molar-refractivity contribution in [3.63, 3.8) is 0 Å². The van der Waals surface area contributed by atoms with E-state index in [1.165, 1.54) is 28.7 Å². The summed E-state index contributed by atoms with van der Waals surface area (Å²) >= 11 is 2.31. The van der Waals surface area contributed by atoms with Gasteiger partial charge in [0.2, 0.25) is 5.91 Å². The smallest absolute Gasteiger partial charge is 0.477 e.